The van der Waals surface area contributed by atoms with Crippen LogP contribution in [0, 0.1) is 0 Å². The SMILES string of the molecule is CON(C(C)=O)C(=O)CCCN(C)C(=O)OC(C)(C)C. The van der Waals surface area contributed by atoms with Crippen LogP contribution in [0.4, 0.5) is 4.79 Å². The van der Waals surface area contributed by atoms with Crippen molar-refractivity contribution in [2.45, 2.75) is 46.1 Å². The number of hydroxylamine groups is 2. The van der Waals surface area contributed by atoms with Gasteiger partial charge in [0.1, 0.15) is 5.60 Å². The van der Waals surface area contributed by atoms with Crippen molar-refractivity contribution in [1.82, 2.24) is 9.96 Å². The largest absolute Gasteiger partial charge is 0.444 e. The molecule has 0 bridgehead atoms. The van der Waals surface area contributed by atoms with E-state index in [9.17, 15) is 14.4 Å². The maximum absolute atomic E-state index is 11.7. The molecule has 116 valence electrons. The van der Waals surface area contributed by atoms with Crippen LogP contribution in [0.5, 0.6) is 0 Å². The van der Waals surface area contributed by atoms with Gasteiger partial charge in [-0.3, -0.25) is 14.4 Å². The lowest BCUT2D eigenvalue weighted by Gasteiger charge is -2.24. The van der Waals surface area contributed by atoms with Crippen LogP contribution in [-0.4, -0.2) is 54.2 Å². The Morgan fingerprint density at radius 3 is 2.10 bits per heavy atom. The van der Waals surface area contributed by atoms with Crippen molar-refractivity contribution in [3.05, 3.63) is 0 Å². The minimum atomic E-state index is -0.553. The number of ether oxygens (including phenoxy) is 1. The zero-order chi connectivity index (χ0) is 15.9. The minimum absolute atomic E-state index is 0.112. The Balaban J connectivity index is 4.15. The predicted molar refractivity (Wildman–Crippen MR) is 72.6 cm³/mol. The molecule has 0 aromatic carbocycles. The highest BCUT2D eigenvalue weighted by Crippen LogP contribution is 2.09. The van der Waals surface area contributed by atoms with Crippen LogP contribution in [0.1, 0.15) is 40.5 Å². The van der Waals surface area contributed by atoms with Gasteiger partial charge in [0.05, 0.1) is 7.11 Å². The van der Waals surface area contributed by atoms with Crippen molar-refractivity contribution in [3.63, 3.8) is 0 Å². The van der Waals surface area contributed by atoms with Crippen LogP contribution >= 0.6 is 0 Å². The van der Waals surface area contributed by atoms with Crippen LogP contribution in [0.25, 0.3) is 0 Å². The molecule has 0 rings (SSSR count). The third kappa shape index (κ3) is 7.08. The van der Waals surface area contributed by atoms with E-state index in [-0.39, 0.29) is 6.42 Å². The van der Waals surface area contributed by atoms with Crippen molar-refractivity contribution in [3.8, 4) is 0 Å². The summed E-state index contributed by atoms with van der Waals surface area (Å²) in [6.45, 7) is 6.95. The van der Waals surface area contributed by atoms with E-state index >= 15 is 0 Å². The molecule has 3 amide bonds. The third-order valence-corrected chi connectivity index (χ3v) is 2.28. The molecule has 0 saturated heterocycles. The van der Waals surface area contributed by atoms with E-state index in [0.29, 0.717) is 18.0 Å². The fraction of sp³-hybridized carbons (Fsp3) is 0.769. The summed E-state index contributed by atoms with van der Waals surface area (Å²) in [6.07, 6.45) is 0.0857. The van der Waals surface area contributed by atoms with Gasteiger partial charge < -0.3 is 9.64 Å². The summed E-state index contributed by atoms with van der Waals surface area (Å²) in [4.78, 5) is 40.4. The Labute approximate surface area is 119 Å². The van der Waals surface area contributed by atoms with Crippen molar-refractivity contribution < 1.29 is 24.0 Å². The molecule has 0 aromatic heterocycles. The van der Waals surface area contributed by atoms with Gasteiger partial charge in [0.15, 0.2) is 0 Å². The Hall–Kier alpha value is -1.63. The van der Waals surface area contributed by atoms with Crippen LogP contribution in [0.3, 0.4) is 0 Å². The number of carbonyl (C=O) groups excluding carboxylic acids is 3. The van der Waals surface area contributed by atoms with Gasteiger partial charge in [0.2, 0.25) is 5.91 Å². The molecular weight excluding hydrogens is 264 g/mol. The first-order chi connectivity index (χ1) is 9.08. The van der Waals surface area contributed by atoms with Gasteiger partial charge in [-0.2, -0.15) is 5.06 Å². The number of amides is 3. The van der Waals surface area contributed by atoms with Gasteiger partial charge in [-0.05, 0) is 27.2 Å². The molecule has 0 N–H and O–H groups in total. The van der Waals surface area contributed by atoms with Crippen molar-refractivity contribution in [1.29, 1.82) is 0 Å². The molecule has 0 atom stereocenters. The van der Waals surface area contributed by atoms with E-state index in [1.165, 1.54) is 18.9 Å². The summed E-state index contributed by atoms with van der Waals surface area (Å²) in [5.41, 5.74) is -0.553. The number of rotatable bonds is 5. The Morgan fingerprint density at radius 2 is 1.70 bits per heavy atom. The molecule has 0 spiro atoms. The Morgan fingerprint density at radius 1 is 1.15 bits per heavy atom. The van der Waals surface area contributed by atoms with Crippen LogP contribution in [-0.2, 0) is 19.2 Å². The molecule has 0 aliphatic rings. The molecular formula is C13H24N2O5. The molecule has 0 radical (unpaired) electrons. The molecule has 0 aromatic rings. The summed E-state index contributed by atoms with van der Waals surface area (Å²) in [7, 11) is 2.85. The van der Waals surface area contributed by atoms with E-state index in [1.54, 1.807) is 27.8 Å². The first-order valence-electron chi connectivity index (χ1n) is 6.40. The Kier molecular flexibility index (Phi) is 7.20. The summed E-state index contributed by atoms with van der Waals surface area (Å²) >= 11 is 0. The quantitative estimate of drug-likeness (QED) is 0.718. The van der Waals surface area contributed by atoms with E-state index in [0.717, 1.165) is 0 Å². The van der Waals surface area contributed by atoms with Crippen LogP contribution < -0.4 is 0 Å². The molecule has 7 nitrogen and oxygen atoms in total. The maximum Gasteiger partial charge on any atom is 0.410 e. The van der Waals surface area contributed by atoms with Crippen LogP contribution in [0.2, 0.25) is 0 Å². The summed E-state index contributed by atoms with van der Waals surface area (Å²) in [6, 6.07) is 0. The number of imide groups is 1. The van der Waals surface area contributed by atoms with E-state index < -0.39 is 23.5 Å². The normalized spacial score (nSPS) is 10.9. The van der Waals surface area contributed by atoms with Gasteiger partial charge in [-0.25, -0.2) is 4.79 Å². The summed E-state index contributed by atoms with van der Waals surface area (Å²) in [5, 5.41) is 0.702. The highest BCUT2D eigenvalue weighted by Gasteiger charge is 2.21. The minimum Gasteiger partial charge on any atom is -0.444 e. The second-order valence-corrected chi connectivity index (χ2v) is 5.40. The van der Waals surface area contributed by atoms with Gasteiger partial charge in [-0.15, -0.1) is 0 Å². The van der Waals surface area contributed by atoms with Gasteiger partial charge >= 0.3 is 6.09 Å². The molecule has 0 fully saturated rings. The first kappa shape index (κ1) is 18.4. The van der Waals surface area contributed by atoms with Gasteiger partial charge in [-0.1, -0.05) is 0 Å². The second-order valence-electron chi connectivity index (χ2n) is 5.40. The predicted octanol–water partition coefficient (Wildman–Crippen LogP) is 1.57. The zero-order valence-electron chi connectivity index (χ0n) is 13.1. The smallest absolute Gasteiger partial charge is 0.410 e. The maximum atomic E-state index is 11.7. The fourth-order valence-electron chi connectivity index (χ4n) is 1.41. The number of carbonyl (C=O) groups is 3. The van der Waals surface area contributed by atoms with E-state index in [4.69, 9.17) is 4.74 Å². The lowest BCUT2D eigenvalue weighted by atomic mass is 10.2. The first-order valence-corrected chi connectivity index (χ1v) is 6.40. The van der Waals surface area contributed by atoms with Gasteiger partial charge in [0, 0.05) is 26.9 Å². The zero-order valence-corrected chi connectivity index (χ0v) is 13.1. The monoisotopic (exact) mass is 288 g/mol. The van der Waals surface area contributed by atoms with E-state index in [1.807, 2.05) is 0 Å². The lowest BCUT2D eigenvalue weighted by Crippen LogP contribution is -2.36. The molecule has 0 unspecified atom stereocenters. The average molecular weight is 288 g/mol. The van der Waals surface area contributed by atoms with Crippen molar-refractivity contribution in [2.24, 2.45) is 0 Å². The topological polar surface area (TPSA) is 76.2 Å². The number of nitrogens with zero attached hydrogens (tertiary/aromatic N) is 2. The number of hydrogen-bond donors (Lipinski definition) is 0. The standard InChI is InChI=1S/C13H24N2O5/c1-10(16)15(19-6)11(17)8-7-9-14(5)12(18)20-13(2,3)4/h7-9H2,1-6H3. The highest BCUT2D eigenvalue weighted by atomic mass is 16.7. The molecule has 0 heterocycles. The molecule has 0 aliphatic heterocycles. The summed E-state index contributed by atoms with van der Waals surface area (Å²) in [5.74, 6) is -0.907. The van der Waals surface area contributed by atoms with Crippen molar-refractivity contribution >= 4 is 17.9 Å². The lowest BCUT2D eigenvalue weighted by molar-refractivity contribution is -0.185. The highest BCUT2D eigenvalue weighted by molar-refractivity contribution is 5.92. The third-order valence-electron chi connectivity index (χ3n) is 2.28. The molecule has 7 heteroatoms. The Bertz CT molecular complexity index is 362. The average Bonchev–Trinajstić information content (AvgIpc) is 2.26. The van der Waals surface area contributed by atoms with Crippen molar-refractivity contribution in [2.75, 3.05) is 20.7 Å². The van der Waals surface area contributed by atoms with Crippen LogP contribution in [0.15, 0.2) is 0 Å². The second kappa shape index (κ2) is 7.84. The number of hydrogen-bond acceptors (Lipinski definition) is 5. The van der Waals surface area contributed by atoms with Gasteiger partial charge in [0.25, 0.3) is 5.91 Å². The van der Waals surface area contributed by atoms with E-state index in [2.05, 4.69) is 4.84 Å². The summed E-state index contributed by atoms with van der Waals surface area (Å²) < 4.78 is 5.18. The molecule has 0 saturated carbocycles. The fourth-order valence-corrected chi connectivity index (χ4v) is 1.41. The molecule has 0 aliphatic carbocycles. The molecule has 20 heavy (non-hydrogen) atoms.